The van der Waals surface area contributed by atoms with Crippen LogP contribution in [0.2, 0.25) is 0 Å². The van der Waals surface area contributed by atoms with Crippen LogP contribution < -0.4 is 11.1 Å². The second kappa shape index (κ2) is 9.65. The van der Waals surface area contributed by atoms with Crippen molar-refractivity contribution >= 4 is 55.0 Å². The topological polar surface area (TPSA) is 121 Å². The molecule has 0 saturated heterocycles. The lowest BCUT2D eigenvalue weighted by molar-refractivity contribution is -0.140. The van der Waals surface area contributed by atoms with E-state index >= 15 is 0 Å². The smallest absolute Gasteiger partial charge is 0.365 e. The van der Waals surface area contributed by atoms with Gasteiger partial charge in [-0.2, -0.15) is 23.4 Å². The number of primary amides is 1. The molecule has 4 rings (SSSR count). The van der Waals surface area contributed by atoms with Crippen molar-refractivity contribution in [1.82, 2.24) is 24.5 Å². The summed E-state index contributed by atoms with van der Waals surface area (Å²) in [5, 5.41) is 11.3. The Morgan fingerprint density at radius 2 is 1.97 bits per heavy atom. The van der Waals surface area contributed by atoms with Gasteiger partial charge in [0.25, 0.3) is 5.91 Å². The average molecular weight is 584 g/mol. The number of halogens is 4. The van der Waals surface area contributed by atoms with Gasteiger partial charge in [0, 0.05) is 29.4 Å². The minimum atomic E-state index is -4.73. The van der Waals surface area contributed by atoms with Crippen molar-refractivity contribution in [1.29, 1.82) is 0 Å². The summed E-state index contributed by atoms with van der Waals surface area (Å²) >= 11 is 3.99. The largest absolute Gasteiger partial charge is 0.433 e. The van der Waals surface area contributed by atoms with Crippen molar-refractivity contribution in [3.63, 3.8) is 0 Å². The van der Waals surface area contributed by atoms with Crippen molar-refractivity contribution in [3.8, 4) is 11.1 Å². The van der Waals surface area contributed by atoms with Crippen LogP contribution in [0.1, 0.15) is 34.9 Å². The van der Waals surface area contributed by atoms with Gasteiger partial charge in [-0.15, -0.1) is 11.3 Å². The molecule has 0 aromatic carbocycles. The van der Waals surface area contributed by atoms with E-state index in [0.717, 1.165) is 10.5 Å². The maximum absolute atomic E-state index is 13.7. The van der Waals surface area contributed by atoms with E-state index in [1.807, 2.05) is 6.92 Å². The van der Waals surface area contributed by atoms with Gasteiger partial charge in [-0.05, 0) is 41.4 Å². The number of fused-ring (bicyclic) bond motifs is 1. The zero-order valence-electron chi connectivity index (χ0n) is 19.4. The number of amides is 2. The number of aryl methyl sites for hydroxylation is 1. The predicted molar refractivity (Wildman–Crippen MR) is 132 cm³/mol. The van der Waals surface area contributed by atoms with Crippen molar-refractivity contribution in [2.24, 2.45) is 11.7 Å². The first-order valence-electron chi connectivity index (χ1n) is 10.8. The highest BCUT2D eigenvalue weighted by molar-refractivity contribution is 9.10. The van der Waals surface area contributed by atoms with E-state index < -0.39 is 29.6 Å². The standard InChI is InChI=1S/C22H21BrF3N7O2S/c1-4-33-11(3)14(7-29-33)13-5-15(22(24,25)26)30-21-16(13)17(18(36-21)19(27)34)31-20(35)10(2)8-32-9-12(23)6-28-32/h5-7,9-10H,4,8H2,1-3H3,(H2,27,34)(H,31,35). The Hall–Kier alpha value is -3.26. The second-order valence-electron chi connectivity index (χ2n) is 8.13. The van der Waals surface area contributed by atoms with Crippen molar-refractivity contribution in [2.75, 3.05) is 5.32 Å². The number of alkyl halides is 3. The Labute approximate surface area is 215 Å². The maximum atomic E-state index is 13.7. The number of carbonyl (C=O) groups is 2. The van der Waals surface area contributed by atoms with E-state index in [1.54, 1.807) is 35.6 Å². The molecule has 4 aromatic rings. The number of nitrogens with one attached hydrogen (secondary N) is 1. The molecule has 4 heterocycles. The molecule has 0 bridgehead atoms. The first-order chi connectivity index (χ1) is 16.9. The highest BCUT2D eigenvalue weighted by Gasteiger charge is 2.35. The van der Waals surface area contributed by atoms with Gasteiger partial charge in [-0.25, -0.2) is 4.98 Å². The van der Waals surface area contributed by atoms with E-state index in [4.69, 9.17) is 5.73 Å². The van der Waals surface area contributed by atoms with Crippen molar-refractivity contribution in [3.05, 3.63) is 45.4 Å². The lowest BCUT2D eigenvalue weighted by Crippen LogP contribution is -2.25. The maximum Gasteiger partial charge on any atom is 0.433 e. The van der Waals surface area contributed by atoms with Gasteiger partial charge in [-0.3, -0.25) is 19.0 Å². The van der Waals surface area contributed by atoms with Gasteiger partial charge >= 0.3 is 6.18 Å². The fraction of sp³-hybridized carbons (Fsp3) is 0.318. The van der Waals surface area contributed by atoms with Gasteiger partial charge < -0.3 is 11.1 Å². The molecule has 190 valence electrons. The third-order valence-corrected chi connectivity index (χ3v) is 7.14. The van der Waals surface area contributed by atoms with Gasteiger partial charge in [0.1, 0.15) is 15.4 Å². The number of pyridine rings is 1. The number of nitrogens with two attached hydrogens (primary N) is 1. The Kier molecular flexibility index (Phi) is 6.92. The molecule has 3 N–H and O–H groups in total. The van der Waals surface area contributed by atoms with E-state index in [9.17, 15) is 22.8 Å². The zero-order chi connectivity index (χ0) is 26.4. The minimum Gasteiger partial charge on any atom is -0.365 e. The number of carbonyl (C=O) groups excluding carboxylic acids is 2. The summed E-state index contributed by atoms with van der Waals surface area (Å²) in [6, 6.07) is 0.907. The molecular formula is C22H21BrF3N7O2S. The summed E-state index contributed by atoms with van der Waals surface area (Å²) in [5.74, 6) is -1.95. The molecule has 0 aliphatic carbocycles. The predicted octanol–water partition coefficient (Wildman–Crippen LogP) is 4.84. The summed E-state index contributed by atoms with van der Waals surface area (Å²) in [6.45, 7) is 5.99. The molecule has 0 aliphatic rings. The molecule has 4 aromatic heterocycles. The van der Waals surface area contributed by atoms with Crippen LogP contribution in [0.25, 0.3) is 21.3 Å². The van der Waals surface area contributed by atoms with Crippen molar-refractivity contribution in [2.45, 2.75) is 40.0 Å². The summed E-state index contributed by atoms with van der Waals surface area (Å²) in [5.41, 5.74) is 5.66. The highest BCUT2D eigenvalue weighted by atomic mass is 79.9. The van der Waals surface area contributed by atoms with Crippen molar-refractivity contribution < 1.29 is 22.8 Å². The minimum absolute atomic E-state index is 0.0286. The SMILES string of the molecule is CCn1ncc(-c2cc(C(F)(F)F)nc3sc(C(N)=O)c(NC(=O)C(C)Cn4cc(Br)cn4)c23)c1C. The Bertz CT molecular complexity index is 1470. The number of nitrogens with zero attached hydrogens (tertiary/aromatic N) is 5. The summed E-state index contributed by atoms with van der Waals surface area (Å²) < 4.78 is 45.1. The van der Waals surface area contributed by atoms with E-state index in [2.05, 4.69) is 36.4 Å². The molecule has 0 fully saturated rings. The van der Waals surface area contributed by atoms with Gasteiger partial charge in [-0.1, -0.05) is 6.92 Å². The van der Waals surface area contributed by atoms with Crippen LogP contribution >= 0.6 is 27.3 Å². The quantitative estimate of drug-likeness (QED) is 0.322. The lowest BCUT2D eigenvalue weighted by atomic mass is 10.0. The highest BCUT2D eigenvalue weighted by Crippen LogP contribution is 2.44. The molecule has 9 nitrogen and oxygen atoms in total. The number of hydrogen-bond donors (Lipinski definition) is 2. The van der Waals surface area contributed by atoms with Crippen LogP contribution in [0.5, 0.6) is 0 Å². The number of anilines is 1. The van der Waals surface area contributed by atoms with Gasteiger partial charge in [0.15, 0.2) is 0 Å². The molecule has 0 aliphatic heterocycles. The number of rotatable bonds is 7. The van der Waals surface area contributed by atoms with Crippen LogP contribution in [0, 0.1) is 12.8 Å². The number of hydrogen-bond acceptors (Lipinski definition) is 6. The molecule has 14 heteroatoms. The van der Waals surface area contributed by atoms with Crippen LogP contribution in [-0.4, -0.2) is 36.4 Å². The fourth-order valence-electron chi connectivity index (χ4n) is 3.83. The monoisotopic (exact) mass is 583 g/mol. The Morgan fingerprint density at radius 1 is 1.25 bits per heavy atom. The molecule has 1 unspecified atom stereocenters. The molecule has 0 radical (unpaired) electrons. The molecule has 1 atom stereocenters. The number of thiophene rings is 1. The fourth-order valence-corrected chi connectivity index (χ4v) is 5.16. The van der Waals surface area contributed by atoms with Gasteiger partial charge in [0.2, 0.25) is 5.91 Å². The summed E-state index contributed by atoms with van der Waals surface area (Å²) in [7, 11) is 0. The van der Waals surface area contributed by atoms with Gasteiger partial charge in [0.05, 0.1) is 35.0 Å². The van der Waals surface area contributed by atoms with Crippen LogP contribution in [0.15, 0.2) is 29.1 Å². The molecule has 0 spiro atoms. The molecule has 0 saturated carbocycles. The molecular weight excluding hydrogens is 563 g/mol. The third-order valence-electron chi connectivity index (χ3n) is 5.63. The van der Waals surface area contributed by atoms with E-state index in [0.29, 0.717) is 29.1 Å². The molecule has 36 heavy (non-hydrogen) atoms. The Balaban J connectivity index is 1.88. The van der Waals surface area contributed by atoms with E-state index in [-0.39, 0.29) is 32.9 Å². The van der Waals surface area contributed by atoms with Crippen LogP contribution in [0.3, 0.4) is 0 Å². The van der Waals surface area contributed by atoms with E-state index in [1.165, 1.54) is 6.20 Å². The lowest BCUT2D eigenvalue weighted by Gasteiger charge is -2.15. The Morgan fingerprint density at radius 3 is 2.53 bits per heavy atom. The van der Waals surface area contributed by atoms with Crippen LogP contribution in [0.4, 0.5) is 18.9 Å². The van der Waals surface area contributed by atoms with Crippen LogP contribution in [-0.2, 0) is 24.1 Å². The first kappa shape index (κ1) is 25.8. The first-order valence-corrected chi connectivity index (χ1v) is 12.4. The average Bonchev–Trinajstić information content (AvgIpc) is 3.49. The number of aromatic nitrogens is 5. The zero-order valence-corrected chi connectivity index (χ0v) is 21.8. The summed E-state index contributed by atoms with van der Waals surface area (Å²) in [6.07, 6.45) is 0.00818. The summed E-state index contributed by atoms with van der Waals surface area (Å²) in [4.78, 5) is 29.0. The molecule has 2 amide bonds. The second-order valence-corrected chi connectivity index (χ2v) is 10.0. The normalized spacial score (nSPS) is 12.8. The third kappa shape index (κ3) is 4.87.